The predicted octanol–water partition coefficient (Wildman–Crippen LogP) is 4.18. The Hall–Kier alpha value is -2.06. The second-order valence-electron chi connectivity index (χ2n) is 4.73. The van der Waals surface area contributed by atoms with Gasteiger partial charge in [-0.15, -0.1) is 22.7 Å². The monoisotopic (exact) mass is 386 g/mol. The molecule has 0 aliphatic heterocycles. The van der Waals surface area contributed by atoms with Crippen molar-refractivity contribution in [3.05, 3.63) is 31.6 Å². The lowest BCUT2D eigenvalue weighted by Crippen LogP contribution is -2.06. The Morgan fingerprint density at radius 2 is 1.44 bits per heavy atom. The largest absolute Gasteiger partial charge is 0.506 e. The number of esters is 2. The van der Waals surface area contributed by atoms with Crippen LogP contribution in [0.3, 0.4) is 0 Å². The van der Waals surface area contributed by atoms with Gasteiger partial charge >= 0.3 is 11.9 Å². The zero-order valence-electron chi connectivity index (χ0n) is 14.9. The van der Waals surface area contributed by atoms with Crippen molar-refractivity contribution in [2.75, 3.05) is 20.3 Å². The number of methoxy groups -OCH3 is 1. The molecule has 0 aliphatic carbocycles. The van der Waals surface area contributed by atoms with Crippen molar-refractivity contribution in [2.24, 2.45) is 0 Å². The van der Waals surface area contributed by atoms with E-state index in [9.17, 15) is 14.7 Å². The fourth-order valence-electron chi connectivity index (χ4n) is 1.92. The third-order valence-corrected chi connectivity index (χ3v) is 4.86. The van der Waals surface area contributed by atoms with Crippen molar-refractivity contribution in [2.45, 2.75) is 27.7 Å². The fourth-order valence-corrected chi connectivity index (χ4v) is 3.44. The summed E-state index contributed by atoms with van der Waals surface area (Å²) in [5.41, 5.74) is 0.844. The lowest BCUT2D eigenvalue weighted by Gasteiger charge is -2.03. The summed E-state index contributed by atoms with van der Waals surface area (Å²) in [5, 5.41) is 12.6. The van der Waals surface area contributed by atoms with Crippen LogP contribution in [0.4, 0.5) is 0 Å². The van der Waals surface area contributed by atoms with Gasteiger partial charge in [0.1, 0.15) is 22.6 Å². The maximum absolute atomic E-state index is 11.4. The quantitative estimate of drug-likeness (QED) is 0.776. The maximum atomic E-state index is 11.4. The number of carbonyl (C=O) groups excluding carboxylic acids is 2. The van der Waals surface area contributed by atoms with E-state index in [1.54, 1.807) is 27.9 Å². The number of ether oxygens (including phenoxy) is 3. The molecule has 0 spiro atoms. The number of hydrogen-bond acceptors (Lipinski definition) is 8. The van der Waals surface area contributed by atoms with Gasteiger partial charge in [-0.05, 0) is 27.7 Å². The van der Waals surface area contributed by atoms with Gasteiger partial charge in [0.05, 0.1) is 20.3 Å². The average Bonchev–Trinajstić information content (AvgIpc) is 3.10. The van der Waals surface area contributed by atoms with Crippen LogP contribution in [0.15, 0.2) is 10.8 Å². The molecule has 2 rings (SSSR count). The minimum Gasteiger partial charge on any atom is -0.506 e. The smallest absolute Gasteiger partial charge is 0.343 e. The molecule has 0 unspecified atom stereocenters. The normalized spacial score (nSPS) is 9.80. The van der Waals surface area contributed by atoms with Crippen molar-refractivity contribution < 1.29 is 28.9 Å². The van der Waals surface area contributed by atoms with Crippen LogP contribution in [0, 0.1) is 13.8 Å². The average molecular weight is 386 g/mol. The molecule has 0 fully saturated rings. The first-order chi connectivity index (χ1) is 11.9. The van der Waals surface area contributed by atoms with E-state index in [0.29, 0.717) is 30.1 Å². The van der Waals surface area contributed by atoms with E-state index in [2.05, 4.69) is 0 Å². The standard InChI is InChI=1S/C9H12O3S.C8H10O3S/c1-4-12-9(10)8-6(2)13-5-7(8)11-3;1-3-11-8(10)7-5(2)12-4-6(7)9/h5H,4H2,1-3H3;4,9H,3H2,1-2H3. The van der Waals surface area contributed by atoms with E-state index in [1.165, 1.54) is 28.1 Å². The van der Waals surface area contributed by atoms with E-state index in [4.69, 9.17) is 14.2 Å². The number of carbonyl (C=O) groups is 2. The van der Waals surface area contributed by atoms with Crippen LogP contribution < -0.4 is 4.74 Å². The van der Waals surface area contributed by atoms with Crippen LogP contribution >= 0.6 is 22.7 Å². The number of hydrogen-bond donors (Lipinski definition) is 1. The molecule has 8 heteroatoms. The van der Waals surface area contributed by atoms with Gasteiger partial charge < -0.3 is 19.3 Å². The first-order valence-electron chi connectivity index (χ1n) is 7.60. The molecule has 6 nitrogen and oxygen atoms in total. The van der Waals surface area contributed by atoms with Crippen molar-refractivity contribution in [3.8, 4) is 11.5 Å². The molecule has 0 radical (unpaired) electrons. The first kappa shape index (κ1) is 21.0. The van der Waals surface area contributed by atoms with E-state index < -0.39 is 5.97 Å². The van der Waals surface area contributed by atoms with E-state index in [-0.39, 0.29) is 11.7 Å². The molecule has 2 aromatic rings. The van der Waals surface area contributed by atoms with Gasteiger partial charge in [0, 0.05) is 20.5 Å². The van der Waals surface area contributed by atoms with Crippen LogP contribution in [-0.4, -0.2) is 37.4 Å². The molecular formula is C17H22O6S2. The Bertz CT molecular complexity index is 697. The summed E-state index contributed by atoms with van der Waals surface area (Å²) in [4.78, 5) is 24.3. The number of rotatable bonds is 5. The number of aryl methyl sites for hydroxylation is 2. The lowest BCUT2D eigenvalue weighted by atomic mass is 10.2. The van der Waals surface area contributed by atoms with Gasteiger partial charge in [-0.25, -0.2) is 9.59 Å². The molecule has 1 N–H and O–H groups in total. The molecule has 2 heterocycles. The van der Waals surface area contributed by atoms with Crippen molar-refractivity contribution in [3.63, 3.8) is 0 Å². The highest BCUT2D eigenvalue weighted by Gasteiger charge is 2.18. The predicted molar refractivity (Wildman–Crippen MR) is 98.2 cm³/mol. The summed E-state index contributed by atoms with van der Waals surface area (Å²) in [5.74, 6) is -0.149. The van der Waals surface area contributed by atoms with E-state index in [1.807, 2.05) is 12.3 Å². The highest BCUT2D eigenvalue weighted by molar-refractivity contribution is 7.10. The second kappa shape index (κ2) is 10.0. The highest BCUT2D eigenvalue weighted by atomic mass is 32.1. The van der Waals surface area contributed by atoms with Gasteiger partial charge in [0.25, 0.3) is 0 Å². The number of thiophene rings is 2. The molecule has 25 heavy (non-hydrogen) atoms. The molecule has 138 valence electrons. The topological polar surface area (TPSA) is 82.1 Å². The minimum absolute atomic E-state index is 0.0101. The van der Waals surface area contributed by atoms with Gasteiger partial charge in [-0.1, -0.05) is 0 Å². The fraction of sp³-hybridized carbons (Fsp3) is 0.412. The van der Waals surface area contributed by atoms with Crippen LogP contribution in [0.5, 0.6) is 11.5 Å². The van der Waals surface area contributed by atoms with Crippen LogP contribution in [0.2, 0.25) is 0 Å². The van der Waals surface area contributed by atoms with Gasteiger partial charge in [-0.2, -0.15) is 0 Å². The van der Waals surface area contributed by atoms with Crippen molar-refractivity contribution in [1.82, 2.24) is 0 Å². The van der Waals surface area contributed by atoms with Gasteiger partial charge in [-0.3, -0.25) is 0 Å². The second-order valence-corrected chi connectivity index (χ2v) is 6.90. The Kier molecular flexibility index (Phi) is 8.44. The Morgan fingerprint density at radius 1 is 0.960 bits per heavy atom. The molecule has 0 aliphatic rings. The molecule has 0 saturated heterocycles. The summed E-state index contributed by atoms with van der Waals surface area (Å²) >= 11 is 2.82. The third kappa shape index (κ3) is 5.47. The van der Waals surface area contributed by atoms with Crippen LogP contribution in [-0.2, 0) is 9.47 Å². The Balaban J connectivity index is 0.000000251. The van der Waals surface area contributed by atoms with Crippen LogP contribution in [0.1, 0.15) is 44.3 Å². The molecule has 0 saturated carbocycles. The minimum atomic E-state index is -0.450. The first-order valence-corrected chi connectivity index (χ1v) is 9.36. The van der Waals surface area contributed by atoms with Crippen molar-refractivity contribution >= 4 is 34.6 Å². The summed E-state index contributed by atoms with van der Waals surface area (Å²) < 4.78 is 14.7. The molecular weight excluding hydrogens is 364 g/mol. The summed E-state index contributed by atoms with van der Waals surface area (Å²) in [6, 6.07) is 0. The molecule has 0 bridgehead atoms. The van der Waals surface area contributed by atoms with Crippen molar-refractivity contribution in [1.29, 1.82) is 0 Å². The molecule has 0 atom stereocenters. The maximum Gasteiger partial charge on any atom is 0.343 e. The van der Waals surface area contributed by atoms with E-state index >= 15 is 0 Å². The van der Waals surface area contributed by atoms with Crippen LogP contribution in [0.25, 0.3) is 0 Å². The van der Waals surface area contributed by atoms with Gasteiger partial charge in [0.2, 0.25) is 0 Å². The lowest BCUT2D eigenvalue weighted by molar-refractivity contribution is 0.0513. The zero-order valence-corrected chi connectivity index (χ0v) is 16.5. The summed E-state index contributed by atoms with van der Waals surface area (Å²) in [6.07, 6.45) is 0. The number of aromatic hydroxyl groups is 1. The molecule has 0 aromatic carbocycles. The summed E-state index contributed by atoms with van der Waals surface area (Å²) in [6.45, 7) is 7.88. The molecule has 2 aromatic heterocycles. The zero-order chi connectivity index (χ0) is 19.0. The molecule has 0 amide bonds. The Morgan fingerprint density at radius 3 is 1.88 bits per heavy atom. The Labute approximate surface area is 155 Å². The van der Waals surface area contributed by atoms with E-state index in [0.717, 1.165) is 9.75 Å². The third-order valence-electron chi connectivity index (χ3n) is 3.08. The highest BCUT2D eigenvalue weighted by Crippen LogP contribution is 2.29. The SMILES string of the molecule is CCOC(=O)c1c(O)csc1C.CCOC(=O)c1c(OC)csc1C. The van der Waals surface area contributed by atoms with Gasteiger partial charge in [0.15, 0.2) is 0 Å². The summed E-state index contributed by atoms with van der Waals surface area (Å²) in [7, 11) is 1.55.